The Morgan fingerprint density at radius 2 is 2.00 bits per heavy atom. The third kappa shape index (κ3) is 3.61. The van der Waals surface area contributed by atoms with Gasteiger partial charge in [0.05, 0.1) is 12.3 Å². The van der Waals surface area contributed by atoms with E-state index in [1.54, 1.807) is 18.4 Å². The first-order chi connectivity index (χ1) is 12.2. The lowest BCUT2D eigenvalue weighted by atomic mass is 10.1. The Hall–Kier alpha value is -2.14. The minimum absolute atomic E-state index is 0.00119. The molecule has 4 nitrogen and oxygen atoms in total. The molecule has 132 valence electrons. The van der Waals surface area contributed by atoms with Crippen LogP contribution in [-0.4, -0.2) is 30.4 Å². The zero-order valence-corrected chi connectivity index (χ0v) is 14.2. The molecule has 0 spiro atoms. The van der Waals surface area contributed by atoms with E-state index in [1.807, 2.05) is 12.1 Å². The van der Waals surface area contributed by atoms with Crippen molar-refractivity contribution in [1.29, 1.82) is 0 Å². The molecule has 1 amide bonds. The maximum atomic E-state index is 13.0. The fraction of sp³-hybridized carbons (Fsp3) is 0.450. The van der Waals surface area contributed by atoms with Gasteiger partial charge in [-0.2, -0.15) is 0 Å². The molecule has 1 saturated heterocycles. The normalized spacial score (nSPS) is 24.2. The Bertz CT molecular complexity index is 708. The van der Waals surface area contributed by atoms with Gasteiger partial charge >= 0.3 is 0 Å². The number of carbonyl (C=O) groups is 1. The van der Waals surface area contributed by atoms with Crippen molar-refractivity contribution >= 4 is 5.91 Å². The van der Waals surface area contributed by atoms with Gasteiger partial charge in [0.2, 0.25) is 5.91 Å². The number of amides is 1. The summed E-state index contributed by atoms with van der Waals surface area (Å²) in [5, 5.41) is 3.11. The average Bonchev–Trinajstić information content (AvgIpc) is 3.02. The molecule has 0 bridgehead atoms. The van der Waals surface area contributed by atoms with Crippen LogP contribution in [0.2, 0.25) is 0 Å². The molecule has 1 aliphatic heterocycles. The molecule has 25 heavy (non-hydrogen) atoms. The Labute approximate surface area is 147 Å². The minimum Gasteiger partial charge on any atom is -0.468 e. The van der Waals surface area contributed by atoms with Crippen LogP contribution < -0.4 is 5.32 Å². The largest absolute Gasteiger partial charge is 0.468 e. The fourth-order valence-electron chi connectivity index (χ4n) is 3.84. The molecule has 2 aromatic rings. The summed E-state index contributed by atoms with van der Waals surface area (Å²) in [7, 11) is 0. The predicted molar refractivity (Wildman–Crippen MR) is 92.5 cm³/mol. The zero-order chi connectivity index (χ0) is 17.2. The van der Waals surface area contributed by atoms with Crippen LogP contribution in [0.4, 0.5) is 4.39 Å². The number of nitrogens with zero attached hydrogens (tertiary/aromatic N) is 1. The Morgan fingerprint density at radius 3 is 2.68 bits per heavy atom. The summed E-state index contributed by atoms with van der Waals surface area (Å²) in [6.07, 6.45) is 4.92. The molecular weight excluding hydrogens is 319 g/mol. The van der Waals surface area contributed by atoms with E-state index in [0.29, 0.717) is 6.54 Å². The first kappa shape index (κ1) is 16.3. The highest BCUT2D eigenvalue weighted by Crippen LogP contribution is 2.47. The van der Waals surface area contributed by atoms with Crippen LogP contribution >= 0.6 is 0 Å². The van der Waals surface area contributed by atoms with Gasteiger partial charge in [0, 0.05) is 12.5 Å². The molecule has 0 radical (unpaired) electrons. The van der Waals surface area contributed by atoms with Gasteiger partial charge in [0.25, 0.3) is 0 Å². The number of rotatable bonds is 6. The molecule has 1 aliphatic carbocycles. The van der Waals surface area contributed by atoms with Crippen molar-refractivity contribution < 1.29 is 13.6 Å². The Morgan fingerprint density at radius 1 is 1.24 bits per heavy atom. The minimum atomic E-state index is -0.239. The molecule has 0 unspecified atom stereocenters. The molecule has 1 aromatic carbocycles. The number of nitrogens with one attached hydrogen (secondary N) is 1. The van der Waals surface area contributed by atoms with E-state index in [0.717, 1.165) is 30.8 Å². The molecule has 1 saturated carbocycles. The lowest BCUT2D eigenvalue weighted by Crippen LogP contribution is -2.37. The molecule has 2 heterocycles. The van der Waals surface area contributed by atoms with Crippen molar-refractivity contribution in [1.82, 2.24) is 10.2 Å². The summed E-state index contributed by atoms with van der Waals surface area (Å²) >= 11 is 0. The molecule has 4 rings (SSSR count). The third-order valence-electron chi connectivity index (χ3n) is 5.35. The van der Waals surface area contributed by atoms with Gasteiger partial charge in [0.1, 0.15) is 11.6 Å². The summed E-state index contributed by atoms with van der Waals surface area (Å²) in [5.41, 5.74) is 1.05. The average molecular weight is 342 g/mol. The second kappa shape index (κ2) is 7.00. The van der Waals surface area contributed by atoms with Gasteiger partial charge < -0.3 is 9.73 Å². The zero-order valence-electron chi connectivity index (χ0n) is 14.2. The standard InChI is InChI=1S/C20H23FN2O2/c21-15-7-5-14(6-8-15)16-12-17(16)20(24)22-13-18(19-4-3-11-25-19)23-9-1-2-10-23/h3-8,11,16-18H,1-2,9-10,12-13H2,(H,22,24)/t16-,17+,18+/m0/s1. The second-order valence-corrected chi connectivity index (χ2v) is 7.02. The van der Waals surface area contributed by atoms with E-state index in [1.165, 1.54) is 25.0 Å². The molecule has 2 aliphatic rings. The van der Waals surface area contributed by atoms with E-state index in [2.05, 4.69) is 10.2 Å². The quantitative estimate of drug-likeness (QED) is 0.874. The summed E-state index contributed by atoms with van der Waals surface area (Å²) in [5.74, 6) is 0.978. The SMILES string of the molecule is O=C(NC[C@H](c1ccco1)N1CCCC1)[C@@H]1C[C@H]1c1ccc(F)cc1. The molecule has 5 heteroatoms. The fourth-order valence-corrected chi connectivity index (χ4v) is 3.84. The van der Waals surface area contributed by atoms with Crippen LogP contribution in [0.1, 0.15) is 42.5 Å². The molecule has 1 aromatic heterocycles. The highest BCUT2D eigenvalue weighted by Gasteiger charge is 2.44. The first-order valence-electron chi connectivity index (χ1n) is 9.03. The molecule has 1 N–H and O–H groups in total. The molecule has 2 fully saturated rings. The smallest absolute Gasteiger partial charge is 0.223 e. The van der Waals surface area contributed by atoms with Crippen LogP contribution in [0.3, 0.4) is 0 Å². The van der Waals surface area contributed by atoms with Crippen molar-refractivity contribution in [2.24, 2.45) is 5.92 Å². The van der Waals surface area contributed by atoms with Gasteiger partial charge in [0.15, 0.2) is 0 Å². The second-order valence-electron chi connectivity index (χ2n) is 7.02. The van der Waals surface area contributed by atoms with Crippen LogP contribution in [0, 0.1) is 11.7 Å². The number of carbonyl (C=O) groups excluding carboxylic acids is 1. The van der Waals surface area contributed by atoms with E-state index < -0.39 is 0 Å². The summed E-state index contributed by atoms with van der Waals surface area (Å²) in [6.45, 7) is 2.66. The van der Waals surface area contributed by atoms with Crippen LogP contribution in [0.5, 0.6) is 0 Å². The van der Waals surface area contributed by atoms with Crippen molar-refractivity contribution in [2.45, 2.75) is 31.2 Å². The van der Waals surface area contributed by atoms with E-state index in [4.69, 9.17) is 4.42 Å². The van der Waals surface area contributed by atoms with Crippen molar-refractivity contribution in [2.75, 3.05) is 19.6 Å². The third-order valence-corrected chi connectivity index (χ3v) is 5.35. The predicted octanol–water partition coefficient (Wildman–Crippen LogP) is 3.48. The maximum Gasteiger partial charge on any atom is 0.223 e. The highest BCUT2D eigenvalue weighted by atomic mass is 19.1. The monoisotopic (exact) mass is 342 g/mol. The van der Waals surface area contributed by atoms with Crippen LogP contribution in [0.15, 0.2) is 47.1 Å². The van der Waals surface area contributed by atoms with Crippen LogP contribution in [-0.2, 0) is 4.79 Å². The highest BCUT2D eigenvalue weighted by molar-refractivity contribution is 5.82. The Kier molecular flexibility index (Phi) is 4.57. The number of hydrogen-bond acceptors (Lipinski definition) is 3. The summed E-state index contributed by atoms with van der Waals surface area (Å²) in [4.78, 5) is 14.9. The molecule has 3 atom stereocenters. The maximum absolute atomic E-state index is 13.0. The number of halogens is 1. The number of likely N-dealkylation sites (tertiary alicyclic amines) is 1. The number of hydrogen-bond donors (Lipinski definition) is 1. The Balaban J connectivity index is 1.35. The summed E-state index contributed by atoms with van der Waals surface area (Å²) < 4.78 is 18.6. The van der Waals surface area contributed by atoms with Gasteiger partial charge in [-0.15, -0.1) is 0 Å². The summed E-state index contributed by atoms with van der Waals surface area (Å²) in [6, 6.07) is 10.5. The van der Waals surface area contributed by atoms with E-state index in [9.17, 15) is 9.18 Å². The topological polar surface area (TPSA) is 45.5 Å². The van der Waals surface area contributed by atoms with Crippen molar-refractivity contribution in [3.63, 3.8) is 0 Å². The van der Waals surface area contributed by atoms with Gasteiger partial charge in [-0.05, 0) is 68.1 Å². The van der Waals surface area contributed by atoms with Gasteiger partial charge in [-0.3, -0.25) is 9.69 Å². The number of benzene rings is 1. The van der Waals surface area contributed by atoms with Gasteiger partial charge in [-0.25, -0.2) is 4.39 Å². The first-order valence-corrected chi connectivity index (χ1v) is 9.03. The molecular formula is C20H23FN2O2. The van der Waals surface area contributed by atoms with Crippen molar-refractivity contribution in [3.05, 3.63) is 59.8 Å². The number of furan rings is 1. The lowest BCUT2D eigenvalue weighted by Gasteiger charge is -2.26. The van der Waals surface area contributed by atoms with Crippen LogP contribution in [0.25, 0.3) is 0 Å². The van der Waals surface area contributed by atoms with E-state index >= 15 is 0 Å². The van der Waals surface area contributed by atoms with Gasteiger partial charge in [-0.1, -0.05) is 12.1 Å². The van der Waals surface area contributed by atoms with Crippen molar-refractivity contribution in [3.8, 4) is 0 Å². The lowest BCUT2D eigenvalue weighted by molar-refractivity contribution is -0.122. The van der Waals surface area contributed by atoms with E-state index in [-0.39, 0.29) is 29.6 Å².